The minimum atomic E-state index is -0.0854. The molecule has 1 aromatic heterocycles. The Balaban J connectivity index is 1.41. The van der Waals surface area contributed by atoms with E-state index in [9.17, 15) is 4.79 Å². The highest BCUT2D eigenvalue weighted by Crippen LogP contribution is 2.41. The Hall–Kier alpha value is -2.27. The Morgan fingerprint density at radius 2 is 1.96 bits per heavy atom. The van der Waals surface area contributed by atoms with E-state index >= 15 is 0 Å². The molecular formula is C20H23N3O2. The van der Waals surface area contributed by atoms with Crippen LogP contribution in [0, 0.1) is 0 Å². The van der Waals surface area contributed by atoms with Gasteiger partial charge in [0.1, 0.15) is 5.69 Å². The molecular weight excluding hydrogens is 314 g/mol. The predicted octanol–water partition coefficient (Wildman–Crippen LogP) is 3.05. The molecule has 3 heterocycles. The Morgan fingerprint density at radius 3 is 2.68 bits per heavy atom. The first-order chi connectivity index (χ1) is 12.3. The summed E-state index contributed by atoms with van der Waals surface area (Å²) in [6.45, 7) is 2.24. The summed E-state index contributed by atoms with van der Waals surface area (Å²) < 4.78 is 6.23. The first kappa shape index (κ1) is 16.2. The summed E-state index contributed by atoms with van der Waals surface area (Å²) in [5, 5.41) is 0. The van der Waals surface area contributed by atoms with Gasteiger partial charge in [0.25, 0.3) is 5.91 Å². The average Bonchev–Trinajstić information content (AvgIpc) is 2.69. The van der Waals surface area contributed by atoms with Gasteiger partial charge in [0.2, 0.25) is 0 Å². The van der Waals surface area contributed by atoms with Crippen LogP contribution in [-0.2, 0) is 4.74 Å². The van der Waals surface area contributed by atoms with Crippen molar-refractivity contribution in [2.45, 2.75) is 37.2 Å². The van der Waals surface area contributed by atoms with Gasteiger partial charge in [-0.3, -0.25) is 9.78 Å². The molecule has 1 unspecified atom stereocenters. The van der Waals surface area contributed by atoms with E-state index in [1.165, 1.54) is 11.8 Å². The fourth-order valence-electron chi connectivity index (χ4n) is 4.07. The molecule has 130 valence electrons. The van der Waals surface area contributed by atoms with Crippen molar-refractivity contribution in [3.63, 3.8) is 0 Å². The van der Waals surface area contributed by atoms with Crippen LogP contribution in [0.4, 0.5) is 0 Å². The number of likely N-dealkylation sites (tertiary alicyclic amines) is 1. The molecule has 2 aromatic rings. The fourth-order valence-corrected chi connectivity index (χ4v) is 4.07. The topological polar surface area (TPSA) is 55.3 Å². The van der Waals surface area contributed by atoms with Crippen molar-refractivity contribution in [3.8, 4) is 0 Å². The molecule has 4 rings (SSSR count). The second-order valence-electron chi connectivity index (χ2n) is 7.01. The van der Waals surface area contributed by atoms with E-state index in [1.807, 2.05) is 4.90 Å². The Labute approximate surface area is 148 Å². The quantitative estimate of drug-likeness (QED) is 0.845. The molecule has 0 aliphatic carbocycles. The van der Waals surface area contributed by atoms with Crippen LogP contribution in [-0.4, -0.2) is 46.1 Å². The summed E-state index contributed by atoms with van der Waals surface area (Å²) >= 11 is 0. The van der Waals surface area contributed by atoms with Gasteiger partial charge >= 0.3 is 0 Å². The number of carbonyl (C=O) groups is 1. The Morgan fingerprint density at radius 1 is 1.16 bits per heavy atom. The zero-order valence-electron chi connectivity index (χ0n) is 14.3. The smallest absolute Gasteiger partial charge is 0.274 e. The van der Waals surface area contributed by atoms with Crippen molar-refractivity contribution in [3.05, 3.63) is 60.2 Å². The van der Waals surface area contributed by atoms with Gasteiger partial charge in [0.15, 0.2) is 0 Å². The SMILES string of the molecule is O=C(c1cnccn1)N1CCC2(CC1)CC(c1ccccc1)CCO2. The van der Waals surface area contributed by atoms with Crippen molar-refractivity contribution in [1.82, 2.24) is 14.9 Å². The van der Waals surface area contributed by atoms with Gasteiger partial charge in [0.05, 0.1) is 11.8 Å². The molecule has 0 N–H and O–H groups in total. The number of ether oxygens (including phenoxy) is 1. The van der Waals surface area contributed by atoms with Crippen molar-refractivity contribution in [1.29, 1.82) is 0 Å². The van der Waals surface area contributed by atoms with Crippen LogP contribution < -0.4 is 0 Å². The zero-order valence-corrected chi connectivity index (χ0v) is 14.3. The molecule has 2 aliphatic rings. The van der Waals surface area contributed by atoms with Crippen molar-refractivity contribution in [2.24, 2.45) is 0 Å². The second kappa shape index (κ2) is 6.92. The van der Waals surface area contributed by atoms with E-state index in [-0.39, 0.29) is 11.5 Å². The third-order valence-corrected chi connectivity index (χ3v) is 5.51. The summed E-state index contributed by atoms with van der Waals surface area (Å²) in [7, 11) is 0. The van der Waals surface area contributed by atoms with E-state index in [0.717, 1.165) is 45.4 Å². The van der Waals surface area contributed by atoms with E-state index in [0.29, 0.717) is 11.6 Å². The Bertz CT molecular complexity index is 712. The third-order valence-electron chi connectivity index (χ3n) is 5.51. The molecule has 0 saturated carbocycles. The molecule has 2 aliphatic heterocycles. The maximum atomic E-state index is 12.5. The summed E-state index contributed by atoms with van der Waals surface area (Å²) in [4.78, 5) is 22.5. The molecule has 2 saturated heterocycles. The first-order valence-corrected chi connectivity index (χ1v) is 9.00. The number of aromatic nitrogens is 2. The van der Waals surface area contributed by atoms with E-state index < -0.39 is 0 Å². The number of hydrogen-bond donors (Lipinski definition) is 0. The van der Waals surface area contributed by atoms with Gasteiger partial charge in [-0.25, -0.2) is 4.98 Å². The summed E-state index contributed by atoms with van der Waals surface area (Å²) in [6, 6.07) is 10.7. The lowest BCUT2D eigenvalue weighted by atomic mass is 9.77. The van der Waals surface area contributed by atoms with Crippen LogP contribution in [0.1, 0.15) is 47.7 Å². The van der Waals surface area contributed by atoms with E-state index in [2.05, 4.69) is 40.3 Å². The maximum absolute atomic E-state index is 12.5. The minimum absolute atomic E-state index is 0.0293. The zero-order chi connectivity index (χ0) is 17.1. The third kappa shape index (κ3) is 3.42. The van der Waals surface area contributed by atoms with Crippen molar-refractivity contribution >= 4 is 5.91 Å². The lowest BCUT2D eigenvalue weighted by Crippen LogP contribution is -2.50. The molecule has 2 fully saturated rings. The highest BCUT2D eigenvalue weighted by atomic mass is 16.5. The second-order valence-corrected chi connectivity index (χ2v) is 7.01. The molecule has 1 atom stereocenters. The van der Waals surface area contributed by atoms with Crippen LogP contribution >= 0.6 is 0 Å². The highest BCUT2D eigenvalue weighted by molar-refractivity contribution is 5.92. The lowest BCUT2D eigenvalue weighted by molar-refractivity contribution is -0.113. The number of rotatable bonds is 2. The molecule has 5 nitrogen and oxygen atoms in total. The van der Waals surface area contributed by atoms with Gasteiger partial charge in [-0.2, -0.15) is 0 Å². The summed E-state index contributed by atoms with van der Waals surface area (Å²) in [5.41, 5.74) is 1.74. The van der Waals surface area contributed by atoms with Crippen molar-refractivity contribution < 1.29 is 9.53 Å². The van der Waals surface area contributed by atoms with Gasteiger partial charge in [-0.05, 0) is 37.2 Å². The molecule has 0 bridgehead atoms. The summed E-state index contributed by atoms with van der Waals surface area (Å²) in [6.07, 6.45) is 8.59. The maximum Gasteiger partial charge on any atom is 0.274 e. The van der Waals surface area contributed by atoms with Crippen LogP contribution in [0.15, 0.2) is 48.9 Å². The van der Waals surface area contributed by atoms with Gasteiger partial charge in [-0.1, -0.05) is 30.3 Å². The highest BCUT2D eigenvalue weighted by Gasteiger charge is 2.41. The normalized spacial score (nSPS) is 22.7. The molecule has 1 amide bonds. The largest absolute Gasteiger partial charge is 0.375 e. The number of benzene rings is 1. The average molecular weight is 337 g/mol. The predicted molar refractivity (Wildman–Crippen MR) is 94.3 cm³/mol. The number of piperidine rings is 1. The number of hydrogen-bond acceptors (Lipinski definition) is 4. The van der Waals surface area contributed by atoms with Gasteiger partial charge in [-0.15, -0.1) is 0 Å². The Kier molecular flexibility index (Phi) is 4.49. The number of amides is 1. The number of carbonyl (C=O) groups excluding carboxylic acids is 1. The van der Waals surface area contributed by atoms with Crippen LogP contribution in [0.25, 0.3) is 0 Å². The first-order valence-electron chi connectivity index (χ1n) is 9.00. The fraction of sp³-hybridized carbons (Fsp3) is 0.450. The van der Waals surface area contributed by atoms with Crippen molar-refractivity contribution in [2.75, 3.05) is 19.7 Å². The molecule has 1 spiro atoms. The van der Waals surface area contributed by atoms with Gasteiger partial charge in [0, 0.05) is 32.1 Å². The van der Waals surface area contributed by atoms with E-state index in [4.69, 9.17) is 4.74 Å². The standard InChI is InChI=1S/C20H23N3O2/c24-19(18-15-21-9-10-22-18)23-11-7-20(8-12-23)14-17(6-13-25-20)16-4-2-1-3-5-16/h1-5,9-10,15,17H,6-8,11-14H2. The molecule has 0 radical (unpaired) electrons. The lowest BCUT2D eigenvalue weighted by Gasteiger charge is -2.46. The van der Waals surface area contributed by atoms with E-state index in [1.54, 1.807) is 12.4 Å². The van der Waals surface area contributed by atoms with Gasteiger partial charge < -0.3 is 9.64 Å². The van der Waals surface area contributed by atoms with Crippen LogP contribution in [0.2, 0.25) is 0 Å². The minimum Gasteiger partial charge on any atom is -0.375 e. The molecule has 5 heteroatoms. The van der Waals surface area contributed by atoms with Crippen LogP contribution in [0.5, 0.6) is 0 Å². The van der Waals surface area contributed by atoms with Crippen LogP contribution in [0.3, 0.4) is 0 Å². The number of nitrogens with zero attached hydrogens (tertiary/aromatic N) is 3. The molecule has 25 heavy (non-hydrogen) atoms. The monoisotopic (exact) mass is 337 g/mol. The summed E-state index contributed by atoms with van der Waals surface area (Å²) in [5.74, 6) is 0.524. The molecule has 1 aromatic carbocycles.